The Hall–Kier alpha value is -2.55. The standard InChI is InChI=1S/C30H36Br2N4O3S2.C3H4N2/c1-22-9-11-25(12-10-22)41(37,38)34-33-30(27-26(28(31)40-29(27)32)24-7-3-2-4-8-24)36-17-13-23(14-18-36)21-39-20-19-35-15-5-6-16-35;1-2-4-5-3-1/h2-4,7-12,23,34H,5-6,13-21H2,1H3;1-3H,(H,4,5)/b33-30-;. The third kappa shape index (κ3) is 9.51. The van der Waals surface area contributed by atoms with Crippen LogP contribution in [0.1, 0.15) is 36.8 Å². The first-order valence-electron chi connectivity index (χ1n) is 15.5. The normalized spacial score (nSPS) is 16.3. The second-order valence-electron chi connectivity index (χ2n) is 11.4. The number of halogens is 2. The van der Waals surface area contributed by atoms with Gasteiger partial charge >= 0.3 is 0 Å². The number of sulfonamides is 1. The predicted molar refractivity (Wildman–Crippen MR) is 193 cm³/mol. The predicted octanol–water partition coefficient (Wildman–Crippen LogP) is 7.12. The molecule has 2 aromatic heterocycles. The van der Waals surface area contributed by atoms with E-state index in [1.54, 1.807) is 48.0 Å². The minimum absolute atomic E-state index is 0.185. The fraction of sp³-hybridized carbons (Fsp3) is 0.394. The quantitative estimate of drug-likeness (QED) is 0.0768. The smallest absolute Gasteiger partial charge is 0.276 e. The van der Waals surface area contributed by atoms with Crippen LogP contribution < -0.4 is 4.83 Å². The molecule has 0 saturated carbocycles. The molecule has 2 N–H and O–H groups in total. The van der Waals surface area contributed by atoms with Gasteiger partial charge in [-0.2, -0.15) is 18.3 Å². The van der Waals surface area contributed by atoms with Gasteiger partial charge in [-0.05, 0) is 107 Å². The maximum Gasteiger partial charge on any atom is 0.276 e. The highest BCUT2D eigenvalue weighted by Crippen LogP contribution is 2.44. The SMILES string of the molecule is Cc1ccc(S(=O)(=O)N/N=C(/c2c(Br)sc(Br)c2-c2ccccc2)N2CCC(COCCN3CCCC3)CC2)cc1.c1cn[nH]c1. The summed E-state index contributed by atoms with van der Waals surface area (Å²) in [6, 6.07) is 18.7. The molecule has 6 rings (SSSR count). The summed E-state index contributed by atoms with van der Waals surface area (Å²) in [7, 11) is -3.85. The van der Waals surface area contributed by atoms with Gasteiger partial charge in [0, 0.05) is 44.2 Å². The van der Waals surface area contributed by atoms with Crippen LogP contribution in [0.4, 0.5) is 0 Å². The number of aryl methyl sites for hydroxylation is 1. The van der Waals surface area contributed by atoms with Crippen molar-refractivity contribution in [2.75, 3.05) is 45.9 Å². The zero-order valence-electron chi connectivity index (χ0n) is 25.9. The van der Waals surface area contributed by atoms with E-state index in [4.69, 9.17) is 4.74 Å². The van der Waals surface area contributed by atoms with Crippen LogP contribution in [0.2, 0.25) is 0 Å². The molecule has 13 heteroatoms. The van der Waals surface area contributed by atoms with E-state index in [2.05, 4.69) is 73.9 Å². The van der Waals surface area contributed by atoms with Gasteiger partial charge < -0.3 is 14.5 Å². The number of nitrogens with zero attached hydrogens (tertiary/aromatic N) is 4. The van der Waals surface area contributed by atoms with Crippen LogP contribution >= 0.6 is 43.2 Å². The summed E-state index contributed by atoms with van der Waals surface area (Å²) in [6.07, 6.45) is 7.97. The molecule has 0 radical (unpaired) electrons. The minimum atomic E-state index is -3.85. The highest BCUT2D eigenvalue weighted by atomic mass is 79.9. The molecular weight excluding hydrogens is 752 g/mol. The van der Waals surface area contributed by atoms with Crippen molar-refractivity contribution in [2.24, 2.45) is 11.0 Å². The lowest BCUT2D eigenvalue weighted by molar-refractivity contribution is 0.0655. The van der Waals surface area contributed by atoms with Crippen molar-refractivity contribution in [3.05, 3.63) is 91.8 Å². The molecule has 4 aromatic rings. The Morgan fingerprint density at radius 3 is 2.37 bits per heavy atom. The fourth-order valence-electron chi connectivity index (χ4n) is 5.57. The summed E-state index contributed by atoms with van der Waals surface area (Å²) in [5.41, 5.74) is 3.89. The molecule has 0 unspecified atom stereocenters. The van der Waals surface area contributed by atoms with Gasteiger partial charge in [0.1, 0.15) is 0 Å². The summed E-state index contributed by atoms with van der Waals surface area (Å²) in [6.45, 7) is 8.40. The molecule has 0 spiro atoms. The molecule has 9 nitrogen and oxygen atoms in total. The van der Waals surface area contributed by atoms with E-state index < -0.39 is 10.0 Å². The molecule has 0 bridgehead atoms. The van der Waals surface area contributed by atoms with Gasteiger partial charge in [-0.25, -0.2) is 0 Å². The number of hydrogen-bond donors (Lipinski definition) is 2. The number of H-pyrrole nitrogens is 1. The van der Waals surface area contributed by atoms with Gasteiger partial charge in [-0.3, -0.25) is 5.10 Å². The number of benzene rings is 2. The van der Waals surface area contributed by atoms with E-state index in [-0.39, 0.29) is 4.90 Å². The van der Waals surface area contributed by atoms with Gasteiger partial charge in [-0.1, -0.05) is 48.0 Å². The average Bonchev–Trinajstić information content (AvgIpc) is 3.86. The maximum atomic E-state index is 13.2. The number of likely N-dealkylation sites (tertiary alicyclic amines) is 2. The van der Waals surface area contributed by atoms with Crippen LogP contribution in [0.3, 0.4) is 0 Å². The second kappa shape index (κ2) is 17.0. The van der Waals surface area contributed by atoms with E-state index in [9.17, 15) is 8.42 Å². The van der Waals surface area contributed by atoms with Crippen LogP contribution in [-0.4, -0.2) is 80.2 Å². The summed E-state index contributed by atoms with van der Waals surface area (Å²) in [4.78, 5) is 7.40. The highest BCUT2D eigenvalue weighted by Gasteiger charge is 2.29. The molecule has 0 atom stereocenters. The van der Waals surface area contributed by atoms with E-state index >= 15 is 0 Å². The lowest BCUT2D eigenvalue weighted by Crippen LogP contribution is -2.41. The zero-order chi connectivity index (χ0) is 32.4. The molecule has 46 heavy (non-hydrogen) atoms. The molecule has 2 aliphatic rings. The first-order chi connectivity index (χ1) is 22.3. The summed E-state index contributed by atoms with van der Waals surface area (Å²) >= 11 is 9.09. The molecule has 2 saturated heterocycles. The van der Waals surface area contributed by atoms with E-state index in [1.165, 1.54) is 25.9 Å². The second-order valence-corrected chi connectivity index (χ2v) is 16.7. The number of ether oxygens (including phenoxy) is 1. The fourth-order valence-corrected chi connectivity index (χ4v) is 9.58. The first kappa shape index (κ1) is 34.8. The molecule has 0 aliphatic carbocycles. The number of thiophene rings is 1. The monoisotopic (exact) mass is 790 g/mol. The van der Waals surface area contributed by atoms with Crippen LogP contribution in [0.5, 0.6) is 0 Å². The Kier molecular flexibility index (Phi) is 12.9. The van der Waals surface area contributed by atoms with Crippen molar-refractivity contribution in [3.8, 4) is 11.1 Å². The van der Waals surface area contributed by atoms with Gasteiger partial charge in [0.15, 0.2) is 5.84 Å². The molecular formula is C33H40Br2N6O3S2. The minimum Gasteiger partial charge on any atom is -0.380 e. The topological polar surface area (TPSA) is 103 Å². The number of aromatic nitrogens is 2. The Labute approximate surface area is 292 Å². The lowest BCUT2D eigenvalue weighted by atomic mass is 9.96. The maximum absolute atomic E-state index is 13.2. The molecule has 246 valence electrons. The molecule has 0 amide bonds. The van der Waals surface area contributed by atoms with Crippen molar-refractivity contribution in [2.45, 2.75) is 37.5 Å². The summed E-state index contributed by atoms with van der Waals surface area (Å²) in [5.74, 6) is 1.09. The largest absolute Gasteiger partial charge is 0.380 e. The number of hydrogen-bond acceptors (Lipinski definition) is 7. The Bertz CT molecular complexity index is 1620. The van der Waals surface area contributed by atoms with Crippen molar-refractivity contribution in [3.63, 3.8) is 0 Å². The molecule has 2 aromatic carbocycles. The molecule has 2 aliphatic heterocycles. The van der Waals surface area contributed by atoms with Crippen LogP contribution in [0.15, 0.2) is 90.6 Å². The van der Waals surface area contributed by atoms with E-state index in [1.807, 2.05) is 31.2 Å². The molecule has 2 fully saturated rings. The number of rotatable bonds is 10. The Morgan fingerprint density at radius 1 is 1.02 bits per heavy atom. The van der Waals surface area contributed by atoms with Crippen molar-refractivity contribution >= 4 is 59.1 Å². The third-order valence-corrected chi connectivity index (χ3v) is 11.9. The van der Waals surface area contributed by atoms with Crippen molar-refractivity contribution in [1.82, 2.24) is 24.8 Å². The van der Waals surface area contributed by atoms with Crippen LogP contribution in [-0.2, 0) is 14.8 Å². The number of amidine groups is 1. The number of hydrazone groups is 1. The number of aromatic amines is 1. The zero-order valence-corrected chi connectivity index (χ0v) is 30.7. The third-order valence-electron chi connectivity index (χ3n) is 8.14. The van der Waals surface area contributed by atoms with Gasteiger partial charge in [0.25, 0.3) is 10.0 Å². The Morgan fingerprint density at radius 2 is 1.74 bits per heavy atom. The van der Waals surface area contributed by atoms with Crippen LogP contribution in [0, 0.1) is 12.8 Å². The van der Waals surface area contributed by atoms with Crippen molar-refractivity contribution in [1.29, 1.82) is 0 Å². The van der Waals surface area contributed by atoms with Gasteiger partial charge in [0.05, 0.1) is 24.6 Å². The van der Waals surface area contributed by atoms with Gasteiger partial charge in [0.2, 0.25) is 0 Å². The number of piperidine rings is 1. The number of nitrogens with one attached hydrogen (secondary N) is 2. The van der Waals surface area contributed by atoms with Crippen LogP contribution in [0.25, 0.3) is 11.1 Å². The highest BCUT2D eigenvalue weighted by molar-refractivity contribution is 9.12. The lowest BCUT2D eigenvalue weighted by Gasteiger charge is -2.34. The first-order valence-corrected chi connectivity index (χ1v) is 19.4. The van der Waals surface area contributed by atoms with Gasteiger partial charge in [-0.15, -0.1) is 16.4 Å². The molecule has 4 heterocycles. The summed E-state index contributed by atoms with van der Waals surface area (Å²) in [5, 5.41) is 10.8. The van der Waals surface area contributed by atoms with E-state index in [0.29, 0.717) is 11.8 Å². The average molecular weight is 793 g/mol. The summed E-state index contributed by atoms with van der Waals surface area (Å²) < 4.78 is 34.4. The Balaban J connectivity index is 0.000000760. The van der Waals surface area contributed by atoms with E-state index in [0.717, 1.165) is 75.5 Å². The van der Waals surface area contributed by atoms with Crippen molar-refractivity contribution < 1.29 is 13.2 Å².